The molecule has 6 nitrogen and oxygen atoms in total. The number of hydrogen-bond acceptors (Lipinski definition) is 5. The fourth-order valence-corrected chi connectivity index (χ4v) is 5.10. The Kier molecular flexibility index (Phi) is 8.80. The number of ether oxygens (including phenoxy) is 2. The van der Waals surface area contributed by atoms with Gasteiger partial charge in [-0.3, -0.25) is 9.59 Å². The molecule has 2 heterocycles. The van der Waals surface area contributed by atoms with Gasteiger partial charge in [0.25, 0.3) is 5.91 Å². The van der Waals surface area contributed by atoms with Gasteiger partial charge in [-0.1, -0.05) is 63.6 Å². The zero-order chi connectivity index (χ0) is 26.5. The van der Waals surface area contributed by atoms with Crippen LogP contribution in [0, 0.1) is 6.92 Å². The number of nitrogens with zero attached hydrogens (tertiary/aromatic N) is 1. The Hall–Kier alpha value is -2.99. The van der Waals surface area contributed by atoms with Gasteiger partial charge in [0.2, 0.25) is 5.76 Å². The molecule has 1 amide bonds. The maximum absolute atomic E-state index is 13.8. The van der Waals surface area contributed by atoms with Crippen LogP contribution in [-0.4, -0.2) is 31.1 Å². The average molecular weight is 526 g/mol. The summed E-state index contributed by atoms with van der Waals surface area (Å²) in [6.07, 6.45) is 7.30. The minimum absolute atomic E-state index is 0.107. The first-order valence-corrected chi connectivity index (χ1v) is 13.7. The van der Waals surface area contributed by atoms with E-state index in [1.54, 1.807) is 24.1 Å². The summed E-state index contributed by atoms with van der Waals surface area (Å²) in [5.41, 5.74) is 2.06. The van der Waals surface area contributed by atoms with Crippen LogP contribution in [0.4, 0.5) is 0 Å². The van der Waals surface area contributed by atoms with Crippen molar-refractivity contribution in [3.05, 3.63) is 68.0 Å². The molecule has 0 N–H and O–H groups in total. The number of unbranched alkanes of at least 4 members (excludes halogenated alkanes) is 5. The lowest BCUT2D eigenvalue weighted by Crippen LogP contribution is -2.30. The monoisotopic (exact) mass is 525 g/mol. The Bertz CT molecular complexity index is 1330. The summed E-state index contributed by atoms with van der Waals surface area (Å²) in [6.45, 7) is 7.28. The second kappa shape index (κ2) is 12.0. The molecular formula is C30H36ClNO5. The third-order valence-corrected chi connectivity index (χ3v) is 7.42. The number of halogens is 1. The van der Waals surface area contributed by atoms with Gasteiger partial charge in [-0.15, -0.1) is 0 Å². The Balaban J connectivity index is 1.77. The first-order chi connectivity index (χ1) is 17.9. The highest BCUT2D eigenvalue weighted by Crippen LogP contribution is 2.41. The van der Waals surface area contributed by atoms with E-state index in [2.05, 4.69) is 13.8 Å². The molecule has 0 spiro atoms. The van der Waals surface area contributed by atoms with Crippen LogP contribution in [0.25, 0.3) is 11.0 Å². The molecule has 1 atom stereocenters. The highest BCUT2D eigenvalue weighted by atomic mass is 35.5. The Morgan fingerprint density at radius 1 is 0.973 bits per heavy atom. The van der Waals surface area contributed by atoms with Crippen molar-refractivity contribution >= 4 is 28.5 Å². The molecule has 4 rings (SSSR count). The van der Waals surface area contributed by atoms with Crippen LogP contribution in [0.2, 0.25) is 5.02 Å². The van der Waals surface area contributed by atoms with Crippen LogP contribution in [-0.2, 0) is 0 Å². The molecule has 37 heavy (non-hydrogen) atoms. The lowest BCUT2D eigenvalue weighted by molar-refractivity contribution is 0.0724. The van der Waals surface area contributed by atoms with E-state index in [1.165, 1.54) is 12.8 Å². The van der Waals surface area contributed by atoms with Crippen LogP contribution < -0.4 is 14.9 Å². The van der Waals surface area contributed by atoms with Gasteiger partial charge in [0.15, 0.2) is 16.9 Å². The van der Waals surface area contributed by atoms with Crippen LogP contribution in [0.5, 0.6) is 11.5 Å². The first kappa shape index (κ1) is 27.1. The molecule has 1 unspecified atom stereocenters. The van der Waals surface area contributed by atoms with Crippen LogP contribution >= 0.6 is 11.6 Å². The minimum atomic E-state index is -0.576. The Morgan fingerprint density at radius 2 is 1.73 bits per heavy atom. The Labute approximate surface area is 223 Å². The van der Waals surface area contributed by atoms with Gasteiger partial charge in [-0.05, 0) is 55.2 Å². The van der Waals surface area contributed by atoms with E-state index < -0.39 is 6.04 Å². The van der Waals surface area contributed by atoms with Crippen molar-refractivity contribution in [2.24, 2.45) is 0 Å². The minimum Gasteiger partial charge on any atom is -0.493 e. The van der Waals surface area contributed by atoms with Gasteiger partial charge >= 0.3 is 0 Å². The predicted molar refractivity (Wildman–Crippen MR) is 147 cm³/mol. The van der Waals surface area contributed by atoms with Crippen molar-refractivity contribution in [1.29, 1.82) is 0 Å². The summed E-state index contributed by atoms with van der Waals surface area (Å²) in [5, 5.41) is 0.865. The van der Waals surface area contributed by atoms with Crippen LogP contribution in [0.1, 0.15) is 92.1 Å². The highest BCUT2D eigenvalue weighted by molar-refractivity contribution is 6.32. The molecule has 0 saturated carbocycles. The number of carbonyl (C=O) groups is 1. The van der Waals surface area contributed by atoms with Crippen LogP contribution in [0.3, 0.4) is 0 Å². The number of rotatable bonds is 12. The number of aryl methyl sites for hydroxylation is 1. The largest absolute Gasteiger partial charge is 0.493 e. The van der Waals surface area contributed by atoms with Gasteiger partial charge in [0.05, 0.1) is 30.7 Å². The lowest BCUT2D eigenvalue weighted by Gasteiger charge is -2.26. The topological polar surface area (TPSA) is 69.0 Å². The predicted octanol–water partition coefficient (Wildman–Crippen LogP) is 7.46. The van der Waals surface area contributed by atoms with Gasteiger partial charge in [0, 0.05) is 11.6 Å². The molecule has 0 radical (unpaired) electrons. The summed E-state index contributed by atoms with van der Waals surface area (Å²) in [6, 6.07) is 8.42. The molecule has 2 aromatic carbocycles. The quantitative estimate of drug-likeness (QED) is 0.229. The summed E-state index contributed by atoms with van der Waals surface area (Å²) < 4.78 is 17.7. The zero-order valence-electron chi connectivity index (χ0n) is 22.2. The van der Waals surface area contributed by atoms with Crippen molar-refractivity contribution in [2.75, 3.05) is 20.3 Å². The molecular weight excluding hydrogens is 490 g/mol. The SMILES string of the molecule is CCCCCCOc1ccc(C2c3c(oc4cc(C)c(Cl)cc4c3=O)C(=O)N2CCCCC)cc1OC. The normalized spacial score (nSPS) is 14.9. The highest BCUT2D eigenvalue weighted by Gasteiger charge is 2.42. The van der Waals surface area contributed by atoms with Gasteiger partial charge in [-0.25, -0.2) is 0 Å². The number of benzene rings is 2. The number of methoxy groups -OCH3 is 1. The van der Waals surface area contributed by atoms with Crippen molar-refractivity contribution in [2.45, 2.75) is 71.8 Å². The summed E-state index contributed by atoms with van der Waals surface area (Å²) in [5.74, 6) is 1.07. The molecule has 0 bridgehead atoms. The maximum atomic E-state index is 13.8. The van der Waals surface area contributed by atoms with Gasteiger partial charge in [0.1, 0.15) is 5.58 Å². The number of hydrogen-bond donors (Lipinski definition) is 0. The van der Waals surface area contributed by atoms with Gasteiger partial charge in [-0.2, -0.15) is 0 Å². The fourth-order valence-electron chi connectivity index (χ4n) is 4.93. The van der Waals surface area contributed by atoms with E-state index in [0.717, 1.165) is 43.2 Å². The summed E-state index contributed by atoms with van der Waals surface area (Å²) in [4.78, 5) is 29.1. The van der Waals surface area contributed by atoms with Crippen molar-refractivity contribution in [3.63, 3.8) is 0 Å². The smallest absolute Gasteiger partial charge is 0.290 e. The summed E-state index contributed by atoms with van der Waals surface area (Å²) >= 11 is 6.34. The van der Waals surface area contributed by atoms with Crippen LogP contribution in [0.15, 0.2) is 39.5 Å². The van der Waals surface area contributed by atoms with E-state index in [-0.39, 0.29) is 17.1 Å². The lowest BCUT2D eigenvalue weighted by atomic mass is 9.97. The molecule has 7 heteroatoms. The first-order valence-electron chi connectivity index (χ1n) is 13.3. The molecule has 0 fully saturated rings. The van der Waals surface area contributed by atoms with Crippen molar-refractivity contribution < 1.29 is 18.7 Å². The average Bonchev–Trinajstić information content (AvgIpc) is 3.17. The van der Waals surface area contributed by atoms with E-state index in [9.17, 15) is 9.59 Å². The number of fused-ring (bicyclic) bond motifs is 2. The van der Waals surface area contributed by atoms with E-state index in [0.29, 0.717) is 46.2 Å². The zero-order valence-corrected chi connectivity index (χ0v) is 23.0. The maximum Gasteiger partial charge on any atom is 0.290 e. The Morgan fingerprint density at radius 3 is 2.46 bits per heavy atom. The standard InChI is InChI=1S/C30H36ClNO5/c1-5-7-9-11-15-36-23-13-12-20(17-25(23)35-4)27-26-28(33)21-18-22(31)19(3)16-24(21)37-29(26)30(34)32(27)14-10-8-6-2/h12-13,16-18,27H,5-11,14-15H2,1-4H3. The van der Waals surface area contributed by atoms with E-state index in [4.69, 9.17) is 25.5 Å². The third-order valence-electron chi connectivity index (χ3n) is 7.01. The third kappa shape index (κ3) is 5.49. The second-order valence-electron chi connectivity index (χ2n) is 9.70. The van der Waals surface area contributed by atoms with E-state index in [1.807, 2.05) is 25.1 Å². The molecule has 198 valence electrons. The van der Waals surface area contributed by atoms with Gasteiger partial charge < -0.3 is 18.8 Å². The number of carbonyl (C=O) groups excluding carboxylic acids is 1. The van der Waals surface area contributed by atoms with E-state index >= 15 is 0 Å². The fraction of sp³-hybridized carbons (Fsp3) is 0.467. The molecule has 0 aliphatic carbocycles. The second-order valence-corrected chi connectivity index (χ2v) is 10.1. The molecule has 1 aromatic heterocycles. The van der Waals surface area contributed by atoms with Crippen molar-refractivity contribution in [3.8, 4) is 11.5 Å². The molecule has 3 aromatic rings. The summed E-state index contributed by atoms with van der Waals surface area (Å²) in [7, 11) is 1.60. The molecule has 1 aliphatic heterocycles. The molecule has 0 saturated heterocycles. The number of amides is 1. The molecule has 1 aliphatic rings. The van der Waals surface area contributed by atoms with Crippen molar-refractivity contribution in [1.82, 2.24) is 4.90 Å².